The molecule has 3 aliphatic heterocycles. The molecule has 322 valence electrons. The third kappa shape index (κ3) is 6.42. The molecule has 1 amide bonds. The number of hydrogen-bond donors (Lipinski definition) is 5. The zero-order valence-corrected chi connectivity index (χ0v) is 35.1. The summed E-state index contributed by atoms with van der Waals surface area (Å²) in [5.41, 5.74) is 3.71. The van der Waals surface area contributed by atoms with Gasteiger partial charge in [-0.3, -0.25) is 9.59 Å². The second-order valence-corrected chi connectivity index (χ2v) is 16.2. The van der Waals surface area contributed by atoms with Crippen molar-refractivity contribution in [1.82, 2.24) is 29.2 Å². The number of aryl methyl sites for hydroxylation is 1. The second kappa shape index (κ2) is 15.6. The molecule has 16 nitrogen and oxygen atoms in total. The normalized spacial score (nSPS) is 19.1. The highest BCUT2D eigenvalue weighted by molar-refractivity contribution is 5.91. The van der Waals surface area contributed by atoms with Crippen LogP contribution in [0.25, 0.3) is 39.4 Å². The monoisotopic (exact) mass is 864 g/mol. The van der Waals surface area contributed by atoms with E-state index in [4.69, 9.17) is 14.5 Å². The summed E-state index contributed by atoms with van der Waals surface area (Å²) in [6.07, 6.45) is -0.586. The molecule has 0 bridgehead atoms. The number of likely N-dealkylation sites (tertiary alicyclic amines) is 1. The smallest absolute Gasteiger partial charge is 0.407 e. The molecule has 3 aliphatic rings. The highest BCUT2D eigenvalue weighted by atomic mass is 35.5. The van der Waals surface area contributed by atoms with E-state index in [1.807, 2.05) is 26.8 Å². The van der Waals surface area contributed by atoms with Gasteiger partial charge >= 0.3 is 18.1 Å². The Labute approximate surface area is 361 Å². The number of cyclic esters (lactones) is 1. The minimum Gasteiger partial charge on any atom is -0.508 e. The molecule has 0 saturated carbocycles. The lowest BCUT2D eigenvalue weighted by atomic mass is 9.66. The number of nitrogens with zero attached hydrogens (tertiary/aromatic N) is 6. The van der Waals surface area contributed by atoms with Gasteiger partial charge in [-0.15, -0.1) is 17.5 Å². The fourth-order valence-corrected chi connectivity index (χ4v) is 9.67. The van der Waals surface area contributed by atoms with Crippen LogP contribution in [-0.4, -0.2) is 85.5 Å². The highest BCUT2D eigenvalue weighted by Gasteiger charge is 2.56. The molecule has 3 atom stereocenters. The second-order valence-electron chi connectivity index (χ2n) is 16.2. The Morgan fingerprint density at radius 1 is 0.968 bits per heavy atom. The molecule has 3 aromatic heterocycles. The van der Waals surface area contributed by atoms with Gasteiger partial charge in [0.05, 0.1) is 46.3 Å². The Morgan fingerprint density at radius 3 is 2.42 bits per heavy atom. The van der Waals surface area contributed by atoms with Crippen molar-refractivity contribution in [1.29, 1.82) is 0 Å². The molecule has 17 heteroatoms. The number of esters is 1. The van der Waals surface area contributed by atoms with Gasteiger partial charge in [0, 0.05) is 36.4 Å². The Balaban J connectivity index is 0.00000529. The molecule has 6 aromatic rings. The summed E-state index contributed by atoms with van der Waals surface area (Å²) >= 11 is 0. The van der Waals surface area contributed by atoms with Crippen LogP contribution in [0.3, 0.4) is 0 Å². The molecule has 6 heterocycles. The largest absolute Gasteiger partial charge is 0.508 e. The number of aromatic hydroxyl groups is 4. The highest BCUT2D eigenvalue weighted by Crippen LogP contribution is 2.47. The molecule has 5 N–H and O–H groups in total. The lowest BCUT2D eigenvalue weighted by Crippen LogP contribution is -2.62. The summed E-state index contributed by atoms with van der Waals surface area (Å²) in [5.74, 6) is -0.315. The van der Waals surface area contributed by atoms with E-state index >= 15 is 0 Å². The minimum atomic E-state index is -1.55. The number of pyridine rings is 2. The van der Waals surface area contributed by atoms with Gasteiger partial charge in [0.25, 0.3) is 5.56 Å². The molecule has 0 spiro atoms. The lowest BCUT2D eigenvalue weighted by Gasteiger charge is -2.49. The van der Waals surface area contributed by atoms with Crippen molar-refractivity contribution in [3.8, 4) is 57.5 Å². The number of carbonyl (C=O) groups is 2. The van der Waals surface area contributed by atoms with E-state index in [-0.39, 0.29) is 85.1 Å². The van der Waals surface area contributed by atoms with Crippen LogP contribution in [0.4, 0.5) is 4.79 Å². The number of rotatable bonds is 8. The van der Waals surface area contributed by atoms with Crippen LogP contribution >= 0.6 is 12.4 Å². The van der Waals surface area contributed by atoms with E-state index < -0.39 is 35.6 Å². The van der Waals surface area contributed by atoms with E-state index in [0.717, 1.165) is 16.5 Å². The molecule has 1 saturated heterocycles. The predicted molar refractivity (Wildman–Crippen MR) is 229 cm³/mol. The van der Waals surface area contributed by atoms with Crippen molar-refractivity contribution in [3.63, 3.8) is 0 Å². The number of ether oxygens (including phenoxy) is 2. The van der Waals surface area contributed by atoms with Crippen LogP contribution in [0.15, 0.2) is 65.5 Å². The number of hydrogen-bond acceptors (Lipinski definition) is 12. The van der Waals surface area contributed by atoms with Crippen LogP contribution in [0.2, 0.25) is 0 Å². The average Bonchev–Trinajstić information content (AvgIpc) is 3.80. The number of fused-ring (bicyclic) bond motifs is 5. The fourth-order valence-electron chi connectivity index (χ4n) is 9.67. The number of aromatic nitrogens is 5. The summed E-state index contributed by atoms with van der Waals surface area (Å²) in [6, 6.07) is 14.9. The van der Waals surface area contributed by atoms with E-state index in [1.165, 1.54) is 15.5 Å². The zero-order valence-electron chi connectivity index (χ0n) is 34.3. The van der Waals surface area contributed by atoms with Gasteiger partial charge in [-0.2, -0.15) is 0 Å². The topological polar surface area (TPSA) is 223 Å². The van der Waals surface area contributed by atoms with Gasteiger partial charge in [0.15, 0.2) is 5.82 Å². The molecule has 3 aromatic carbocycles. The molecule has 62 heavy (non-hydrogen) atoms. The molecule has 0 aliphatic carbocycles. The maximum atomic E-state index is 14.4. The van der Waals surface area contributed by atoms with Crippen LogP contribution < -0.4 is 10.3 Å². The summed E-state index contributed by atoms with van der Waals surface area (Å²) < 4.78 is 15.3. The number of piperidine rings is 1. The Hall–Kier alpha value is -6.81. The molecule has 9 rings (SSSR count). The van der Waals surface area contributed by atoms with E-state index in [1.54, 1.807) is 60.0 Å². The SMILES string of the molecule is CCc1c2c(nc3ccc(O)cc13)-c1cc3c(c(=O)n1C2)COC(=O)C3(CC)C1CC(Oc2ccc(-n3c(O)nnc3-c3cc(C(C)C)c(O)cc3O)cc2)CCN1C(=O)O.Cl. The molecular formula is C45H45ClN6O10. The summed E-state index contributed by atoms with van der Waals surface area (Å²) in [7, 11) is 0. The number of amides is 1. The summed E-state index contributed by atoms with van der Waals surface area (Å²) in [5, 5.41) is 61.5. The van der Waals surface area contributed by atoms with Gasteiger partial charge in [0.1, 0.15) is 41.1 Å². The Bertz CT molecular complexity index is 2860. The first kappa shape index (κ1) is 41.9. The van der Waals surface area contributed by atoms with Gasteiger partial charge in [-0.05, 0) is 90.0 Å². The van der Waals surface area contributed by atoms with Crippen molar-refractivity contribution in [2.75, 3.05) is 6.54 Å². The van der Waals surface area contributed by atoms with Crippen LogP contribution in [-0.2, 0) is 34.5 Å². The summed E-state index contributed by atoms with van der Waals surface area (Å²) in [6.45, 7) is 7.64. The third-order valence-electron chi connectivity index (χ3n) is 12.7. The standard InChI is InChI=1S/C45H44N6O10.ClH/c1-5-27-29-15-24(52)9-12-34(29)46-39-31(27)20-50-35(39)18-33-32(41(50)55)21-60-42(56)45(33,6-2)38-16-26(13-14-49(38)44(58)59)61-25-10-7-23(8-11-25)51-40(47-48-43(51)57)30-17-28(22(3)4)36(53)19-37(30)54;/h7-12,15,17-19,22,26,38,52-54H,5-6,13-14,16,20-21H2,1-4H3,(H,48,57)(H,58,59);1H. The summed E-state index contributed by atoms with van der Waals surface area (Å²) in [4.78, 5) is 47.9. The van der Waals surface area contributed by atoms with Crippen molar-refractivity contribution in [2.45, 2.75) is 90.0 Å². The quantitative estimate of drug-likeness (QED) is 0.0983. The van der Waals surface area contributed by atoms with Crippen molar-refractivity contribution < 1.29 is 44.6 Å². The maximum Gasteiger partial charge on any atom is 0.407 e. The lowest BCUT2D eigenvalue weighted by molar-refractivity contribution is -0.159. The van der Waals surface area contributed by atoms with Gasteiger partial charge in [-0.25, -0.2) is 14.3 Å². The number of benzene rings is 3. The van der Waals surface area contributed by atoms with Crippen LogP contribution in [0.1, 0.15) is 80.7 Å². The van der Waals surface area contributed by atoms with E-state index in [0.29, 0.717) is 57.9 Å². The minimum absolute atomic E-state index is 0. The Kier molecular flexibility index (Phi) is 10.5. The Morgan fingerprint density at radius 2 is 1.73 bits per heavy atom. The number of carbonyl (C=O) groups excluding carboxylic acids is 1. The average molecular weight is 865 g/mol. The van der Waals surface area contributed by atoms with Crippen LogP contribution in [0, 0.1) is 0 Å². The van der Waals surface area contributed by atoms with Crippen molar-refractivity contribution in [2.24, 2.45) is 0 Å². The number of phenolic OH excluding ortho intramolecular Hbond substituents is 3. The van der Waals surface area contributed by atoms with Gasteiger partial charge < -0.3 is 44.5 Å². The fraction of sp³-hybridized carbons (Fsp3) is 0.333. The van der Waals surface area contributed by atoms with Gasteiger partial charge in [0.2, 0.25) is 0 Å². The van der Waals surface area contributed by atoms with E-state index in [9.17, 15) is 39.9 Å². The molecule has 3 unspecified atom stereocenters. The number of carboxylic acid groups (broad SMARTS) is 1. The molecule has 1 fully saturated rings. The van der Waals surface area contributed by atoms with Crippen molar-refractivity contribution >= 4 is 35.4 Å². The predicted octanol–water partition coefficient (Wildman–Crippen LogP) is 6.90. The molecular weight excluding hydrogens is 820 g/mol. The zero-order chi connectivity index (χ0) is 43.1. The van der Waals surface area contributed by atoms with Crippen LogP contribution in [0.5, 0.6) is 29.0 Å². The third-order valence-corrected chi connectivity index (χ3v) is 12.7. The number of halogens is 1. The van der Waals surface area contributed by atoms with Gasteiger partial charge in [-0.1, -0.05) is 32.8 Å². The first-order chi connectivity index (χ1) is 29.2. The first-order valence-electron chi connectivity index (χ1n) is 20.3. The molecule has 0 radical (unpaired) electrons. The maximum absolute atomic E-state index is 14.4. The van der Waals surface area contributed by atoms with E-state index in [2.05, 4.69) is 10.2 Å². The number of phenols is 3. The first-order valence-corrected chi connectivity index (χ1v) is 20.3. The van der Waals surface area contributed by atoms with Crippen molar-refractivity contribution in [3.05, 3.63) is 98.8 Å².